The molecule has 3 saturated heterocycles. The maximum atomic E-state index is 14.8. The van der Waals surface area contributed by atoms with E-state index in [1.165, 1.54) is 0 Å². The number of carbonyl (C=O) groups is 3. The van der Waals surface area contributed by atoms with Crippen molar-refractivity contribution in [2.45, 2.75) is 56.9 Å². The number of likely N-dealkylation sites (tertiary alicyclic amines) is 1. The maximum absolute atomic E-state index is 14.8. The molecule has 1 N–H and O–H groups in total. The number of rotatable bonds is 14. The van der Waals surface area contributed by atoms with Crippen LogP contribution < -0.4 is 9.64 Å². The molecule has 6 atom stereocenters. The monoisotopic (exact) mass is 615 g/mol. The highest BCUT2D eigenvalue weighted by Gasteiger charge is 2.80. The normalized spacial score (nSPS) is 28.1. The third kappa shape index (κ3) is 5.57. The second-order valence-electron chi connectivity index (χ2n) is 12.6. The fourth-order valence-electron chi connectivity index (χ4n) is 7.78. The maximum Gasteiger partial charge on any atom is 0.253 e. The summed E-state index contributed by atoms with van der Waals surface area (Å²) in [4.78, 5) is 48.9. The number of anilines is 1. The first kappa shape index (κ1) is 32.4. The van der Waals surface area contributed by atoms with Crippen LogP contribution in [-0.2, 0) is 25.7 Å². The van der Waals surface area contributed by atoms with Gasteiger partial charge in [-0.1, -0.05) is 49.4 Å². The van der Waals surface area contributed by atoms with E-state index >= 15 is 0 Å². The molecule has 2 aromatic carbocycles. The van der Waals surface area contributed by atoms with E-state index in [2.05, 4.69) is 13.2 Å². The minimum absolute atomic E-state index is 0.0215. The van der Waals surface area contributed by atoms with Gasteiger partial charge in [0.25, 0.3) is 5.91 Å². The highest BCUT2D eigenvalue weighted by Crippen LogP contribution is 2.65. The number of unbranched alkanes of at least 4 members (excludes halogenated alkanes) is 1. The second kappa shape index (κ2) is 13.2. The summed E-state index contributed by atoms with van der Waals surface area (Å²) in [5.41, 5.74) is -0.504. The van der Waals surface area contributed by atoms with Crippen molar-refractivity contribution in [1.82, 2.24) is 9.80 Å². The van der Waals surface area contributed by atoms with Crippen LogP contribution in [0.1, 0.15) is 38.7 Å². The van der Waals surface area contributed by atoms with Gasteiger partial charge in [0, 0.05) is 38.5 Å². The molecule has 0 saturated carbocycles. The lowest BCUT2D eigenvalue weighted by molar-refractivity contribution is -0.151. The molecule has 9 nitrogen and oxygen atoms in total. The zero-order valence-electron chi connectivity index (χ0n) is 26.6. The highest BCUT2D eigenvalue weighted by atomic mass is 16.5. The Morgan fingerprint density at radius 1 is 1.07 bits per heavy atom. The Bertz CT molecular complexity index is 1410. The van der Waals surface area contributed by atoms with E-state index in [4.69, 9.17) is 9.47 Å². The van der Waals surface area contributed by atoms with Crippen molar-refractivity contribution >= 4 is 23.4 Å². The Morgan fingerprint density at radius 3 is 2.38 bits per heavy atom. The van der Waals surface area contributed by atoms with Crippen LogP contribution in [0.15, 0.2) is 79.9 Å². The average molecular weight is 616 g/mol. The van der Waals surface area contributed by atoms with E-state index < -0.39 is 29.1 Å². The Balaban J connectivity index is 1.57. The van der Waals surface area contributed by atoms with Gasteiger partial charge in [-0.3, -0.25) is 14.4 Å². The number of carbonyl (C=O) groups excluding carboxylic acids is 3. The van der Waals surface area contributed by atoms with Crippen LogP contribution in [0.25, 0.3) is 0 Å². The van der Waals surface area contributed by atoms with Crippen LogP contribution in [0.3, 0.4) is 0 Å². The molecule has 240 valence electrons. The van der Waals surface area contributed by atoms with E-state index in [9.17, 15) is 19.5 Å². The molecule has 0 aliphatic carbocycles. The summed E-state index contributed by atoms with van der Waals surface area (Å²) >= 11 is 0. The largest absolute Gasteiger partial charge is 0.497 e. The Hall–Kier alpha value is -3.95. The lowest BCUT2D eigenvalue weighted by atomic mass is 9.62. The zero-order chi connectivity index (χ0) is 32.4. The molecule has 3 heterocycles. The molecular formula is C36H45N3O6. The third-order valence-corrected chi connectivity index (χ3v) is 9.96. The van der Waals surface area contributed by atoms with E-state index in [1.54, 1.807) is 46.1 Å². The summed E-state index contributed by atoms with van der Waals surface area (Å²) in [7, 11) is 1.58. The number of hydrogen-bond acceptors (Lipinski definition) is 6. The second-order valence-corrected chi connectivity index (χ2v) is 12.6. The van der Waals surface area contributed by atoms with E-state index in [0.29, 0.717) is 43.8 Å². The number of benzene rings is 2. The van der Waals surface area contributed by atoms with Crippen molar-refractivity contribution in [2.24, 2.45) is 17.8 Å². The molecule has 5 rings (SSSR count). The summed E-state index contributed by atoms with van der Waals surface area (Å²) < 4.78 is 12.3. The molecule has 0 radical (unpaired) electrons. The summed E-state index contributed by atoms with van der Waals surface area (Å²) in [6, 6.07) is 16.0. The van der Waals surface area contributed by atoms with Crippen LogP contribution in [0.5, 0.6) is 5.75 Å². The first-order valence-electron chi connectivity index (χ1n) is 15.8. The number of nitrogens with zero attached hydrogens (tertiary/aromatic N) is 3. The van der Waals surface area contributed by atoms with Gasteiger partial charge in [0.2, 0.25) is 11.8 Å². The first-order valence-corrected chi connectivity index (χ1v) is 15.8. The highest BCUT2D eigenvalue weighted by molar-refractivity contribution is 6.05. The van der Waals surface area contributed by atoms with Gasteiger partial charge < -0.3 is 29.3 Å². The molecule has 0 aromatic heterocycles. The van der Waals surface area contributed by atoms with Crippen LogP contribution in [0.4, 0.5) is 5.69 Å². The molecule has 3 aliphatic heterocycles. The fourth-order valence-corrected chi connectivity index (χ4v) is 7.78. The number of fused-ring (bicyclic) bond motifs is 1. The van der Waals surface area contributed by atoms with Crippen LogP contribution in [-0.4, -0.2) is 83.2 Å². The average Bonchev–Trinajstić information content (AvgIpc) is 3.56. The molecule has 2 bridgehead atoms. The number of aliphatic hydroxyl groups excluding tert-OH is 1. The zero-order valence-corrected chi connectivity index (χ0v) is 26.6. The van der Waals surface area contributed by atoms with Crippen molar-refractivity contribution in [1.29, 1.82) is 0 Å². The Kier molecular flexibility index (Phi) is 9.51. The molecule has 3 amide bonds. The van der Waals surface area contributed by atoms with Gasteiger partial charge in [0.05, 0.1) is 24.5 Å². The number of amides is 3. The van der Waals surface area contributed by atoms with Gasteiger partial charge in [0.15, 0.2) is 0 Å². The van der Waals surface area contributed by atoms with Crippen LogP contribution >= 0.6 is 0 Å². The minimum atomic E-state index is -1.18. The van der Waals surface area contributed by atoms with Crippen molar-refractivity contribution in [3.8, 4) is 5.75 Å². The smallest absolute Gasteiger partial charge is 0.253 e. The lowest BCUT2D eigenvalue weighted by Crippen LogP contribution is -2.57. The van der Waals surface area contributed by atoms with Crippen LogP contribution in [0.2, 0.25) is 0 Å². The first-order chi connectivity index (χ1) is 21.7. The summed E-state index contributed by atoms with van der Waals surface area (Å²) in [6.07, 6.45) is 4.83. The molecule has 3 unspecified atom stereocenters. The molecule has 3 fully saturated rings. The van der Waals surface area contributed by atoms with Gasteiger partial charge in [-0.25, -0.2) is 0 Å². The summed E-state index contributed by atoms with van der Waals surface area (Å²) in [5, 5.41) is 9.53. The fraction of sp³-hybridized carbons (Fsp3) is 0.472. The van der Waals surface area contributed by atoms with Gasteiger partial charge >= 0.3 is 0 Å². The number of hydrogen-bond donors (Lipinski definition) is 1. The molecule has 2 aromatic rings. The minimum Gasteiger partial charge on any atom is -0.497 e. The van der Waals surface area contributed by atoms with Gasteiger partial charge in [-0.05, 0) is 61.9 Å². The Labute approximate surface area is 266 Å². The van der Waals surface area contributed by atoms with Gasteiger partial charge in [-0.15, -0.1) is 13.2 Å². The topological polar surface area (TPSA) is 99.6 Å². The van der Waals surface area contributed by atoms with E-state index in [0.717, 1.165) is 5.56 Å². The van der Waals surface area contributed by atoms with Crippen molar-refractivity contribution < 1.29 is 29.0 Å². The predicted molar refractivity (Wildman–Crippen MR) is 172 cm³/mol. The molecule has 9 heteroatoms. The molecule has 45 heavy (non-hydrogen) atoms. The summed E-state index contributed by atoms with van der Waals surface area (Å²) in [5.74, 6) is -1.72. The standard InChI is InChI=1S/C36H45N3O6/c1-6-19-37(24-26-13-9-8-10-14-26)32(41)29-30-33(42)39(21-11-12-22-40)31(36(30)23-25(3)35(29,4)45-36)34(43)38(20-7-2)27-15-17-28(44-5)18-16-27/h6-10,13-18,25,29-31,40H,1-2,11-12,19-24H2,3-5H3/t25?,29-,30+,31?,35+,36?/m1/s1. The van der Waals surface area contributed by atoms with E-state index in [-0.39, 0.29) is 43.3 Å². The van der Waals surface area contributed by atoms with Gasteiger partial charge in [0.1, 0.15) is 17.4 Å². The van der Waals surface area contributed by atoms with Gasteiger partial charge in [-0.2, -0.15) is 0 Å². The van der Waals surface area contributed by atoms with E-state index in [1.807, 2.05) is 56.3 Å². The Morgan fingerprint density at radius 2 is 1.76 bits per heavy atom. The van der Waals surface area contributed by atoms with Crippen molar-refractivity contribution in [2.75, 3.05) is 38.3 Å². The van der Waals surface area contributed by atoms with Crippen molar-refractivity contribution in [3.63, 3.8) is 0 Å². The molecular weight excluding hydrogens is 570 g/mol. The third-order valence-electron chi connectivity index (χ3n) is 9.96. The quantitative estimate of drug-likeness (QED) is 0.253. The number of ether oxygens (including phenoxy) is 2. The molecule has 1 spiro atoms. The van der Waals surface area contributed by atoms with Crippen LogP contribution in [0, 0.1) is 17.8 Å². The van der Waals surface area contributed by atoms with Crippen molar-refractivity contribution in [3.05, 3.63) is 85.5 Å². The summed E-state index contributed by atoms with van der Waals surface area (Å²) in [6.45, 7) is 12.9. The SMILES string of the molecule is C=CCN(Cc1ccccc1)C(=O)[C@H]1[C@H]2C(=O)N(CCCCO)C(C(=O)N(CC=C)c3ccc(OC)cc3)C23CC(C)[C@]1(C)O3. The number of aliphatic hydroxyl groups is 1. The number of methoxy groups -OCH3 is 1. The predicted octanol–water partition coefficient (Wildman–Crippen LogP) is 4.21. The lowest BCUT2D eigenvalue weighted by Gasteiger charge is -2.39. The molecule has 3 aliphatic rings.